The second kappa shape index (κ2) is 10.6. The van der Waals surface area contributed by atoms with E-state index < -0.39 is 0 Å². The molecule has 8 aromatic rings. The van der Waals surface area contributed by atoms with E-state index in [-0.39, 0.29) is 0 Å². The predicted octanol–water partition coefficient (Wildman–Crippen LogP) is 9.66. The maximum Gasteiger partial charge on any atom is 0.0541 e. The van der Waals surface area contributed by atoms with Crippen molar-refractivity contribution in [3.05, 3.63) is 156 Å². The van der Waals surface area contributed by atoms with Gasteiger partial charge in [0.2, 0.25) is 0 Å². The Morgan fingerprint density at radius 1 is 0.386 bits per heavy atom. The van der Waals surface area contributed by atoms with E-state index in [4.69, 9.17) is 0 Å². The Morgan fingerprint density at radius 3 is 1.32 bits per heavy atom. The number of hydrogen-bond acceptors (Lipinski definition) is 0. The summed E-state index contributed by atoms with van der Waals surface area (Å²) in [5, 5.41) is 6.27. The zero-order valence-corrected chi connectivity index (χ0v) is 24.9. The van der Waals surface area contributed by atoms with Crippen LogP contribution in [0.4, 0.5) is 0 Å². The van der Waals surface area contributed by atoms with Crippen LogP contribution >= 0.6 is 0 Å². The summed E-state index contributed by atoms with van der Waals surface area (Å²) in [5.74, 6) is 0. The quantitative estimate of drug-likeness (QED) is 0.201. The van der Waals surface area contributed by atoms with Gasteiger partial charge in [-0.1, -0.05) is 97.1 Å². The number of hydrogen-bond donors (Lipinski definition) is 0. The average Bonchev–Trinajstić information content (AvgIpc) is 3.60. The molecule has 6 aromatic carbocycles. The third-order valence-corrected chi connectivity index (χ3v) is 8.84. The number of benzene rings is 6. The first-order valence-electron chi connectivity index (χ1n) is 15.3. The topological polar surface area (TPSA) is 9.86 Å². The molecule has 0 radical (unpaired) electrons. The minimum Gasteiger partial charge on any atom is -0.310 e. The first-order chi connectivity index (χ1) is 21.7. The van der Waals surface area contributed by atoms with Gasteiger partial charge in [-0.3, -0.25) is 0 Å². The molecule has 0 fully saturated rings. The van der Waals surface area contributed by atoms with Gasteiger partial charge in [0.15, 0.2) is 0 Å². The Morgan fingerprint density at radius 2 is 0.818 bits per heavy atom. The standard InChI is InChI=1S/C42H32N2/c1-3-35-36-27-31(21-24-40(36)43(39(35)4-2)33-16-10-6-11-17-33)32-22-25-42-38(28-32)37-26-30(29-14-8-5-9-15-29)20-23-41(37)44(42)34-18-12-7-13-19-34/h3-28H,1-2H3/b35-3-,39-4+. The van der Waals surface area contributed by atoms with Crippen LogP contribution in [-0.2, 0) is 0 Å². The largest absolute Gasteiger partial charge is 0.310 e. The van der Waals surface area contributed by atoms with E-state index in [9.17, 15) is 0 Å². The maximum absolute atomic E-state index is 2.39. The number of aromatic nitrogens is 2. The van der Waals surface area contributed by atoms with Crippen molar-refractivity contribution in [1.29, 1.82) is 0 Å². The highest BCUT2D eigenvalue weighted by Crippen LogP contribution is 2.37. The Hall–Kier alpha value is -5.60. The minimum absolute atomic E-state index is 1.17. The van der Waals surface area contributed by atoms with Gasteiger partial charge >= 0.3 is 0 Å². The van der Waals surface area contributed by atoms with E-state index >= 15 is 0 Å². The van der Waals surface area contributed by atoms with Gasteiger partial charge in [-0.25, -0.2) is 0 Å². The van der Waals surface area contributed by atoms with Crippen molar-refractivity contribution >= 4 is 44.9 Å². The van der Waals surface area contributed by atoms with E-state index in [0.29, 0.717) is 0 Å². The van der Waals surface area contributed by atoms with Crippen LogP contribution in [0.1, 0.15) is 13.8 Å². The van der Waals surface area contributed by atoms with Crippen LogP contribution in [-0.4, -0.2) is 9.13 Å². The van der Waals surface area contributed by atoms with Crippen LogP contribution in [0, 0.1) is 0 Å². The molecule has 0 spiro atoms. The van der Waals surface area contributed by atoms with Gasteiger partial charge < -0.3 is 9.13 Å². The average molecular weight is 565 g/mol. The van der Waals surface area contributed by atoms with Crippen molar-refractivity contribution in [3.8, 4) is 33.6 Å². The molecule has 44 heavy (non-hydrogen) atoms. The Kier molecular flexibility index (Phi) is 6.27. The normalized spacial score (nSPS) is 12.6. The SMILES string of the molecule is C/C=c1\c(=C/C)n(-c2ccccc2)c2ccc(-c3ccc4c(c3)c3cc(-c5ccccc5)ccc3n4-c3ccccc3)cc12. The summed E-state index contributed by atoms with van der Waals surface area (Å²) in [6.07, 6.45) is 4.46. The lowest BCUT2D eigenvalue weighted by Crippen LogP contribution is -2.27. The van der Waals surface area contributed by atoms with Crippen LogP contribution in [0.15, 0.2) is 146 Å². The molecule has 2 heterocycles. The number of para-hydroxylation sites is 2. The molecule has 0 aliphatic rings. The maximum atomic E-state index is 2.39. The highest BCUT2D eigenvalue weighted by molar-refractivity contribution is 6.11. The van der Waals surface area contributed by atoms with Crippen LogP contribution in [0.3, 0.4) is 0 Å². The molecule has 0 bridgehead atoms. The van der Waals surface area contributed by atoms with Crippen molar-refractivity contribution in [3.63, 3.8) is 0 Å². The molecule has 0 aliphatic carbocycles. The highest BCUT2D eigenvalue weighted by Gasteiger charge is 2.16. The molecule has 0 unspecified atom stereocenters. The van der Waals surface area contributed by atoms with Gasteiger partial charge in [0.25, 0.3) is 0 Å². The summed E-state index contributed by atoms with van der Waals surface area (Å²) in [4.78, 5) is 0. The summed E-state index contributed by atoms with van der Waals surface area (Å²) >= 11 is 0. The lowest BCUT2D eigenvalue weighted by atomic mass is 9.99. The fraction of sp³-hybridized carbons (Fsp3) is 0.0476. The lowest BCUT2D eigenvalue weighted by Gasteiger charge is -2.09. The highest BCUT2D eigenvalue weighted by atomic mass is 15.0. The van der Waals surface area contributed by atoms with E-state index in [1.165, 1.54) is 76.9 Å². The van der Waals surface area contributed by atoms with Crippen molar-refractivity contribution < 1.29 is 0 Å². The van der Waals surface area contributed by atoms with Gasteiger partial charge in [-0.2, -0.15) is 0 Å². The third-order valence-electron chi connectivity index (χ3n) is 8.84. The van der Waals surface area contributed by atoms with Crippen molar-refractivity contribution in [2.45, 2.75) is 13.8 Å². The van der Waals surface area contributed by atoms with Crippen molar-refractivity contribution in [2.75, 3.05) is 0 Å². The third kappa shape index (κ3) is 4.11. The second-order valence-electron chi connectivity index (χ2n) is 11.3. The molecule has 0 N–H and O–H groups in total. The zero-order chi connectivity index (χ0) is 29.6. The fourth-order valence-corrected chi connectivity index (χ4v) is 6.83. The number of rotatable bonds is 4. The minimum atomic E-state index is 1.17. The molecule has 0 atom stereocenters. The number of nitrogens with zero attached hydrogens (tertiary/aromatic N) is 2. The smallest absolute Gasteiger partial charge is 0.0541 e. The molecular formula is C42H32N2. The fourth-order valence-electron chi connectivity index (χ4n) is 6.83. The van der Waals surface area contributed by atoms with Crippen molar-refractivity contribution in [1.82, 2.24) is 9.13 Å². The molecule has 2 nitrogen and oxygen atoms in total. The summed E-state index contributed by atoms with van der Waals surface area (Å²) in [6.45, 7) is 4.26. The molecule has 210 valence electrons. The number of fused-ring (bicyclic) bond motifs is 4. The van der Waals surface area contributed by atoms with Crippen molar-refractivity contribution in [2.24, 2.45) is 0 Å². The summed E-state index contributed by atoms with van der Waals surface area (Å²) in [5.41, 5.74) is 10.9. The summed E-state index contributed by atoms with van der Waals surface area (Å²) in [6, 6.07) is 52.7. The van der Waals surface area contributed by atoms with Gasteiger partial charge in [0.05, 0.1) is 16.6 Å². The molecule has 2 aromatic heterocycles. The molecule has 0 amide bonds. The zero-order valence-electron chi connectivity index (χ0n) is 24.9. The molecule has 8 rings (SSSR count). The molecule has 0 aliphatic heterocycles. The van der Waals surface area contributed by atoms with Gasteiger partial charge in [-0.15, -0.1) is 0 Å². The van der Waals surface area contributed by atoms with E-state index in [1.807, 2.05) is 0 Å². The van der Waals surface area contributed by atoms with Crippen LogP contribution in [0.2, 0.25) is 0 Å². The van der Waals surface area contributed by atoms with Gasteiger partial charge in [0.1, 0.15) is 0 Å². The monoisotopic (exact) mass is 564 g/mol. The van der Waals surface area contributed by atoms with Crippen LogP contribution in [0.5, 0.6) is 0 Å². The lowest BCUT2D eigenvalue weighted by molar-refractivity contribution is 1.07. The first kappa shape index (κ1) is 26.1. The summed E-state index contributed by atoms with van der Waals surface area (Å²) in [7, 11) is 0. The van der Waals surface area contributed by atoms with Crippen LogP contribution < -0.4 is 10.6 Å². The molecule has 2 heteroatoms. The van der Waals surface area contributed by atoms with Gasteiger partial charge in [-0.05, 0) is 96.8 Å². The second-order valence-corrected chi connectivity index (χ2v) is 11.3. The summed E-state index contributed by atoms with van der Waals surface area (Å²) < 4.78 is 4.76. The van der Waals surface area contributed by atoms with E-state index in [0.717, 1.165) is 0 Å². The van der Waals surface area contributed by atoms with E-state index in [2.05, 4.69) is 181 Å². The predicted molar refractivity (Wildman–Crippen MR) is 188 cm³/mol. The Balaban J connectivity index is 1.37. The Labute approximate surface area is 257 Å². The van der Waals surface area contributed by atoms with Gasteiger partial charge in [0, 0.05) is 38.1 Å². The first-order valence-corrected chi connectivity index (χ1v) is 15.3. The molecule has 0 saturated carbocycles. The van der Waals surface area contributed by atoms with E-state index in [1.54, 1.807) is 0 Å². The Bertz CT molecular complexity index is 2430. The molecular weight excluding hydrogens is 532 g/mol. The molecule has 0 saturated heterocycles. The van der Waals surface area contributed by atoms with Crippen LogP contribution in [0.25, 0.3) is 78.5 Å².